The van der Waals surface area contributed by atoms with Crippen LogP contribution in [0.2, 0.25) is 0 Å². The molecule has 0 amide bonds. The molecule has 0 bridgehead atoms. The number of sulfonamides is 1. The molecule has 0 atom stereocenters. The van der Waals surface area contributed by atoms with Crippen LogP contribution in [0.3, 0.4) is 0 Å². The number of hydrogen-bond acceptors (Lipinski definition) is 4. The Bertz CT molecular complexity index is 747. The first-order chi connectivity index (χ1) is 9.46. The number of fused-ring (bicyclic) bond motifs is 1. The highest BCUT2D eigenvalue weighted by Crippen LogP contribution is 2.48. The van der Waals surface area contributed by atoms with Gasteiger partial charge < -0.3 is 0 Å². The fourth-order valence-corrected chi connectivity index (χ4v) is 3.53. The van der Waals surface area contributed by atoms with E-state index >= 15 is 0 Å². The molecule has 1 aliphatic rings. The molecule has 0 spiro atoms. The molecule has 0 unspecified atom stereocenters. The van der Waals surface area contributed by atoms with Crippen molar-refractivity contribution in [2.75, 3.05) is 6.54 Å². The molecule has 1 aromatic heterocycles. The van der Waals surface area contributed by atoms with Gasteiger partial charge in [-0.1, -0.05) is 12.1 Å². The van der Waals surface area contributed by atoms with Crippen molar-refractivity contribution < 1.29 is 8.42 Å². The lowest BCUT2D eigenvalue weighted by Crippen LogP contribution is -2.30. The highest BCUT2D eigenvalue weighted by atomic mass is 32.2. The molecule has 108 valence electrons. The second kappa shape index (κ2) is 4.53. The average Bonchev–Trinajstić information content (AvgIpc) is 3.15. The highest BCUT2D eigenvalue weighted by molar-refractivity contribution is 7.89. The van der Waals surface area contributed by atoms with E-state index in [1.165, 1.54) is 0 Å². The molecule has 1 fully saturated rings. The molecule has 1 heterocycles. The fraction of sp³-hybridized carbons (Fsp3) is 0.538. The van der Waals surface area contributed by atoms with Crippen LogP contribution in [0.4, 0.5) is 0 Å². The van der Waals surface area contributed by atoms with Gasteiger partial charge in [0.05, 0.1) is 10.4 Å². The maximum atomic E-state index is 12.3. The van der Waals surface area contributed by atoms with Crippen LogP contribution in [0.5, 0.6) is 0 Å². The molecule has 0 saturated heterocycles. The molecular formula is C13H18N4O2S. The number of nitrogens with zero attached hydrogens (tertiary/aromatic N) is 3. The third kappa shape index (κ3) is 2.31. The van der Waals surface area contributed by atoms with E-state index in [0.29, 0.717) is 12.1 Å². The standard InChI is InChI=1S/C13H18N4O2S/c1-3-13(6-7-13)9-14-20(18,19)10-4-5-12-11(8-10)15-16-17(12)2/h4-5,8,14H,3,6-7,9H2,1-2H3. The summed E-state index contributed by atoms with van der Waals surface area (Å²) >= 11 is 0. The van der Waals surface area contributed by atoms with Gasteiger partial charge in [-0.25, -0.2) is 17.8 Å². The fourth-order valence-electron chi connectivity index (χ4n) is 2.35. The Morgan fingerprint density at radius 1 is 1.40 bits per heavy atom. The predicted octanol–water partition coefficient (Wildman–Crippen LogP) is 1.44. The summed E-state index contributed by atoms with van der Waals surface area (Å²) in [4.78, 5) is 0.248. The predicted molar refractivity (Wildman–Crippen MR) is 75.7 cm³/mol. The summed E-state index contributed by atoms with van der Waals surface area (Å²) < 4.78 is 29.0. The number of hydrogen-bond donors (Lipinski definition) is 1. The van der Waals surface area contributed by atoms with E-state index in [-0.39, 0.29) is 10.3 Å². The summed E-state index contributed by atoms with van der Waals surface area (Å²) in [6.07, 6.45) is 3.23. The number of benzene rings is 1. The van der Waals surface area contributed by atoms with Gasteiger partial charge in [0.25, 0.3) is 0 Å². The van der Waals surface area contributed by atoms with Gasteiger partial charge >= 0.3 is 0 Å². The summed E-state index contributed by atoms with van der Waals surface area (Å²) in [7, 11) is -1.70. The third-order valence-electron chi connectivity index (χ3n) is 4.24. The van der Waals surface area contributed by atoms with Crippen molar-refractivity contribution in [3.8, 4) is 0 Å². The van der Waals surface area contributed by atoms with E-state index in [1.54, 1.807) is 29.9 Å². The van der Waals surface area contributed by atoms with Crippen LogP contribution >= 0.6 is 0 Å². The lowest BCUT2D eigenvalue weighted by atomic mass is 10.1. The van der Waals surface area contributed by atoms with Crippen molar-refractivity contribution in [3.63, 3.8) is 0 Å². The van der Waals surface area contributed by atoms with Crippen molar-refractivity contribution in [1.82, 2.24) is 19.7 Å². The molecule has 0 aliphatic heterocycles. The molecule has 0 radical (unpaired) electrons. The van der Waals surface area contributed by atoms with Gasteiger partial charge in [0.1, 0.15) is 5.52 Å². The van der Waals surface area contributed by atoms with Gasteiger partial charge in [-0.2, -0.15) is 0 Å². The molecule has 1 aliphatic carbocycles. The van der Waals surface area contributed by atoms with E-state index in [9.17, 15) is 8.42 Å². The Hall–Kier alpha value is -1.47. The SMILES string of the molecule is CCC1(CNS(=O)(=O)c2ccc3c(c2)nnn3C)CC1. The average molecular weight is 294 g/mol. The minimum atomic E-state index is -3.47. The number of rotatable bonds is 5. The Morgan fingerprint density at radius 2 is 2.15 bits per heavy atom. The van der Waals surface area contributed by atoms with Crippen molar-refractivity contribution >= 4 is 21.1 Å². The molecule has 2 aromatic rings. The Morgan fingerprint density at radius 3 is 2.80 bits per heavy atom. The molecule has 6 nitrogen and oxygen atoms in total. The van der Waals surface area contributed by atoms with Gasteiger partial charge in [-0.15, -0.1) is 5.10 Å². The smallest absolute Gasteiger partial charge is 0.240 e. The molecule has 1 saturated carbocycles. The lowest BCUT2D eigenvalue weighted by Gasteiger charge is -2.13. The van der Waals surface area contributed by atoms with Crippen LogP contribution in [-0.4, -0.2) is 30.0 Å². The van der Waals surface area contributed by atoms with Crippen LogP contribution in [-0.2, 0) is 17.1 Å². The maximum Gasteiger partial charge on any atom is 0.240 e. The minimum Gasteiger partial charge on any atom is -0.248 e. The van der Waals surface area contributed by atoms with Gasteiger partial charge in [0, 0.05) is 13.6 Å². The molecular weight excluding hydrogens is 276 g/mol. The van der Waals surface area contributed by atoms with Crippen molar-refractivity contribution in [3.05, 3.63) is 18.2 Å². The van der Waals surface area contributed by atoms with Crippen LogP contribution in [0.15, 0.2) is 23.1 Å². The zero-order valence-electron chi connectivity index (χ0n) is 11.6. The first kappa shape index (κ1) is 13.5. The number of aryl methyl sites for hydroxylation is 1. The molecule has 3 rings (SSSR count). The topological polar surface area (TPSA) is 76.9 Å². The van der Waals surface area contributed by atoms with Crippen LogP contribution in [0.1, 0.15) is 26.2 Å². The third-order valence-corrected chi connectivity index (χ3v) is 5.64. The number of aromatic nitrogens is 3. The minimum absolute atomic E-state index is 0.184. The largest absolute Gasteiger partial charge is 0.248 e. The summed E-state index contributed by atoms with van der Waals surface area (Å²) in [5, 5.41) is 7.83. The van der Waals surface area contributed by atoms with Gasteiger partial charge in [-0.3, -0.25) is 0 Å². The van der Waals surface area contributed by atoms with Crippen molar-refractivity contribution in [1.29, 1.82) is 0 Å². The quantitative estimate of drug-likeness (QED) is 0.905. The zero-order chi connectivity index (χ0) is 14.4. The van der Waals surface area contributed by atoms with E-state index in [4.69, 9.17) is 0 Å². The summed E-state index contributed by atoms with van der Waals surface area (Å²) in [6, 6.07) is 4.90. The monoisotopic (exact) mass is 294 g/mol. The van der Waals surface area contributed by atoms with Crippen molar-refractivity contribution in [2.45, 2.75) is 31.1 Å². The maximum absolute atomic E-state index is 12.3. The number of nitrogens with one attached hydrogen (secondary N) is 1. The Kier molecular flexibility index (Phi) is 3.06. The lowest BCUT2D eigenvalue weighted by molar-refractivity contribution is 0.475. The molecule has 7 heteroatoms. The second-order valence-corrected chi connectivity index (χ2v) is 7.31. The Labute approximate surface area is 118 Å². The first-order valence-electron chi connectivity index (χ1n) is 6.75. The van der Waals surface area contributed by atoms with Gasteiger partial charge in [-0.05, 0) is 42.9 Å². The Balaban J connectivity index is 1.85. The van der Waals surface area contributed by atoms with Crippen LogP contribution in [0.25, 0.3) is 11.0 Å². The molecule has 20 heavy (non-hydrogen) atoms. The highest BCUT2D eigenvalue weighted by Gasteiger charge is 2.41. The molecule has 1 aromatic carbocycles. The van der Waals surface area contributed by atoms with E-state index < -0.39 is 10.0 Å². The summed E-state index contributed by atoms with van der Waals surface area (Å²) in [5.41, 5.74) is 1.59. The van der Waals surface area contributed by atoms with Gasteiger partial charge in [0.15, 0.2) is 0 Å². The first-order valence-corrected chi connectivity index (χ1v) is 8.23. The van der Waals surface area contributed by atoms with Crippen LogP contribution < -0.4 is 4.72 Å². The van der Waals surface area contributed by atoms with Crippen molar-refractivity contribution in [2.24, 2.45) is 12.5 Å². The summed E-state index contributed by atoms with van der Waals surface area (Å²) in [5.74, 6) is 0. The zero-order valence-corrected chi connectivity index (χ0v) is 12.4. The van der Waals surface area contributed by atoms with Crippen LogP contribution in [0, 0.1) is 5.41 Å². The second-order valence-electron chi connectivity index (χ2n) is 5.54. The normalized spacial score (nSPS) is 17.5. The van der Waals surface area contributed by atoms with E-state index in [1.807, 2.05) is 0 Å². The van der Waals surface area contributed by atoms with E-state index in [2.05, 4.69) is 22.0 Å². The van der Waals surface area contributed by atoms with Gasteiger partial charge in [0.2, 0.25) is 10.0 Å². The molecule has 1 N–H and O–H groups in total. The van der Waals surface area contributed by atoms with E-state index in [0.717, 1.165) is 24.8 Å². The summed E-state index contributed by atoms with van der Waals surface area (Å²) in [6.45, 7) is 2.62.